The Morgan fingerprint density at radius 2 is 1.39 bits per heavy atom. The fourth-order valence-electron chi connectivity index (χ4n) is 7.10. The first-order valence-electron chi connectivity index (χ1n) is 21.3. The average molecular weight is 851 g/mol. The van der Waals surface area contributed by atoms with Crippen molar-refractivity contribution >= 4 is 39.5 Å². The minimum absolute atomic E-state index is 0.00964. The van der Waals surface area contributed by atoms with E-state index in [9.17, 15) is 15.0 Å². The molecule has 6 rings (SSSR count). The molecule has 0 saturated heterocycles. The third-order valence-corrected chi connectivity index (χ3v) is 10.3. The summed E-state index contributed by atoms with van der Waals surface area (Å²) in [6.07, 6.45) is 4.00. The van der Waals surface area contributed by atoms with Gasteiger partial charge < -0.3 is 51.6 Å². The van der Waals surface area contributed by atoms with Crippen LogP contribution in [0.15, 0.2) is 67.0 Å². The summed E-state index contributed by atoms with van der Waals surface area (Å²) in [6.45, 7) is 10.8. The largest absolute Gasteiger partial charge is 0.491 e. The molecule has 17 nitrogen and oxygen atoms in total. The highest BCUT2D eigenvalue weighted by Crippen LogP contribution is 2.35. The zero-order chi connectivity index (χ0) is 44.3. The molecule has 0 fully saturated rings. The van der Waals surface area contributed by atoms with Gasteiger partial charge in [-0.25, -0.2) is 24.1 Å². The van der Waals surface area contributed by atoms with E-state index in [1.54, 1.807) is 32.2 Å². The molecule has 0 aliphatic heterocycles. The van der Waals surface area contributed by atoms with E-state index in [1.165, 1.54) is 0 Å². The molecule has 62 heavy (non-hydrogen) atoms. The third kappa shape index (κ3) is 11.1. The molecule has 4 heterocycles. The van der Waals surface area contributed by atoms with Gasteiger partial charge >= 0.3 is 6.03 Å². The molecule has 332 valence electrons. The molecule has 8 N–H and O–H groups in total. The Balaban J connectivity index is 1.34. The molecule has 0 radical (unpaired) electrons. The van der Waals surface area contributed by atoms with Crippen LogP contribution < -0.4 is 36.5 Å². The van der Waals surface area contributed by atoms with Crippen molar-refractivity contribution in [1.82, 2.24) is 45.1 Å². The van der Waals surface area contributed by atoms with E-state index in [0.717, 1.165) is 52.8 Å². The highest BCUT2D eigenvalue weighted by Gasteiger charge is 2.21. The van der Waals surface area contributed by atoms with Gasteiger partial charge in [0.05, 0.1) is 40.2 Å². The number of aliphatic hydroxyl groups is 2. The number of likely N-dealkylation sites (N-methyl/N-ethyl adjacent to an activating group) is 2. The smallest absolute Gasteiger partial charge is 0.321 e. The first-order valence-corrected chi connectivity index (χ1v) is 21.3. The normalized spacial score (nSPS) is 12.6. The van der Waals surface area contributed by atoms with E-state index in [2.05, 4.69) is 45.3 Å². The first-order chi connectivity index (χ1) is 29.9. The molecular formula is C45H62N12O5. The second-order valence-corrected chi connectivity index (χ2v) is 16.1. The van der Waals surface area contributed by atoms with Crippen LogP contribution in [0.1, 0.15) is 58.2 Å². The molecule has 4 aromatic heterocycles. The summed E-state index contributed by atoms with van der Waals surface area (Å²) in [7, 11) is 5.29. The van der Waals surface area contributed by atoms with Crippen molar-refractivity contribution < 1.29 is 24.5 Å². The van der Waals surface area contributed by atoms with Crippen LogP contribution in [0.5, 0.6) is 11.5 Å². The lowest BCUT2D eigenvalue weighted by Gasteiger charge is -2.22. The molecule has 0 saturated carbocycles. The van der Waals surface area contributed by atoms with Gasteiger partial charge in [-0.2, -0.15) is 10.2 Å². The number of urea groups is 1. The van der Waals surface area contributed by atoms with Crippen LogP contribution in [0.3, 0.4) is 0 Å². The summed E-state index contributed by atoms with van der Waals surface area (Å²) < 4.78 is 15.7. The Morgan fingerprint density at radius 1 is 0.790 bits per heavy atom. The number of pyridine rings is 2. The van der Waals surface area contributed by atoms with Crippen LogP contribution in [-0.2, 0) is 6.54 Å². The zero-order valence-electron chi connectivity index (χ0n) is 36.9. The van der Waals surface area contributed by atoms with Crippen molar-refractivity contribution in [3.63, 3.8) is 0 Å². The number of rotatable bonds is 22. The number of unbranched alkanes of at least 4 members (excludes halogenated alkanes) is 1. The van der Waals surface area contributed by atoms with E-state index in [-0.39, 0.29) is 37.9 Å². The number of fused-ring (bicyclic) bond motifs is 2. The molecule has 6 aromatic rings. The molecule has 0 aliphatic rings. The van der Waals surface area contributed by atoms with Gasteiger partial charge in [0, 0.05) is 62.1 Å². The number of ether oxygens (including phenoxy) is 2. The lowest BCUT2D eigenvalue weighted by molar-refractivity contribution is 0.108. The molecule has 2 atom stereocenters. The fourth-order valence-corrected chi connectivity index (χ4v) is 7.10. The molecule has 0 bridgehead atoms. The van der Waals surface area contributed by atoms with Crippen molar-refractivity contribution in [2.24, 2.45) is 5.73 Å². The summed E-state index contributed by atoms with van der Waals surface area (Å²) in [5.74, 6) is 1.14. The third-order valence-electron chi connectivity index (χ3n) is 10.3. The lowest BCUT2D eigenvalue weighted by atomic mass is 10.0. The van der Waals surface area contributed by atoms with E-state index in [4.69, 9.17) is 25.2 Å². The number of nitrogens with two attached hydrogens (primary N) is 1. The standard InChI is InChI=1S/C45H62N12O5/c1-28(2)56-43-37(23-50-56)40(49-16-9-8-15-46)20-41(53-43)36-18-35(62-27-33(59)22-48-6)14-13-31(36)25-55(7)45(60)54-42-19-39(52-44-38(42)24-51-57(44)29(3)4)30-11-10-12-34(17-30)61-26-32(58)21-47-5/h10-14,17-20,23-24,28-29,32-33,47-48,58-59H,8-9,15-16,21-22,25-27,46H2,1-7H3,(H,49,53)(H,52,54,60). The molecule has 2 unspecified atom stereocenters. The van der Waals surface area contributed by atoms with Crippen molar-refractivity contribution in [3.05, 3.63) is 72.6 Å². The van der Waals surface area contributed by atoms with Gasteiger partial charge in [-0.1, -0.05) is 18.2 Å². The van der Waals surface area contributed by atoms with E-state index < -0.39 is 12.2 Å². The quantitative estimate of drug-likeness (QED) is 0.0427. The molecule has 0 spiro atoms. The van der Waals surface area contributed by atoms with Crippen LogP contribution >= 0.6 is 0 Å². The maximum atomic E-state index is 14.3. The predicted molar refractivity (Wildman–Crippen MR) is 245 cm³/mol. The molecule has 2 amide bonds. The Bertz CT molecular complexity index is 2410. The second-order valence-electron chi connectivity index (χ2n) is 16.1. The predicted octanol–water partition coefficient (Wildman–Crippen LogP) is 5.40. The Kier molecular flexibility index (Phi) is 15.7. The number of benzene rings is 2. The topological polar surface area (TPSA) is 215 Å². The van der Waals surface area contributed by atoms with Crippen LogP contribution in [0.2, 0.25) is 0 Å². The summed E-state index contributed by atoms with van der Waals surface area (Å²) >= 11 is 0. The first kappa shape index (κ1) is 45.7. The number of aromatic nitrogens is 6. The van der Waals surface area contributed by atoms with Crippen LogP contribution in [0, 0.1) is 0 Å². The van der Waals surface area contributed by atoms with Crippen molar-refractivity contribution in [2.45, 2.75) is 71.4 Å². The van der Waals surface area contributed by atoms with Gasteiger partial charge in [-0.15, -0.1) is 0 Å². The molecule has 2 aromatic carbocycles. The average Bonchev–Trinajstić information content (AvgIpc) is 3.90. The highest BCUT2D eigenvalue weighted by atomic mass is 16.5. The minimum atomic E-state index is -0.704. The van der Waals surface area contributed by atoms with Gasteiger partial charge in [0.1, 0.15) is 36.9 Å². The number of nitrogens with zero attached hydrogens (tertiary/aromatic N) is 7. The van der Waals surface area contributed by atoms with Crippen molar-refractivity contribution in [3.8, 4) is 34.0 Å². The van der Waals surface area contributed by atoms with Gasteiger partial charge in [0.2, 0.25) is 0 Å². The molecular weight excluding hydrogens is 789 g/mol. The summed E-state index contributed by atoms with van der Waals surface area (Å²) in [5.41, 5.74) is 12.2. The van der Waals surface area contributed by atoms with Crippen molar-refractivity contribution in [1.29, 1.82) is 0 Å². The number of nitrogens with one attached hydrogen (secondary N) is 4. The second kappa shape index (κ2) is 21.3. The highest BCUT2D eigenvalue weighted by molar-refractivity contribution is 6.01. The van der Waals surface area contributed by atoms with E-state index >= 15 is 0 Å². The lowest BCUT2D eigenvalue weighted by Crippen LogP contribution is -2.31. The summed E-state index contributed by atoms with van der Waals surface area (Å²) in [6, 6.07) is 16.8. The number of hydrogen-bond acceptors (Lipinski definition) is 13. The number of carbonyl (C=O) groups excluding carboxylic acids is 1. The van der Waals surface area contributed by atoms with Gasteiger partial charge in [0.15, 0.2) is 11.3 Å². The number of carbonyl (C=O) groups is 1. The monoisotopic (exact) mass is 850 g/mol. The maximum absolute atomic E-state index is 14.3. The van der Waals surface area contributed by atoms with E-state index in [0.29, 0.717) is 59.2 Å². The maximum Gasteiger partial charge on any atom is 0.321 e. The minimum Gasteiger partial charge on any atom is -0.491 e. The van der Waals surface area contributed by atoms with Gasteiger partial charge in [0.25, 0.3) is 0 Å². The Morgan fingerprint density at radius 3 is 2.00 bits per heavy atom. The van der Waals surface area contributed by atoms with Crippen LogP contribution in [0.25, 0.3) is 44.6 Å². The summed E-state index contributed by atoms with van der Waals surface area (Å²) in [4.78, 5) is 26.0. The van der Waals surface area contributed by atoms with Crippen molar-refractivity contribution in [2.75, 3.05) is 71.2 Å². The van der Waals surface area contributed by atoms with Gasteiger partial charge in [-0.3, -0.25) is 0 Å². The SMILES string of the molecule is CNCC(O)COc1cccc(-c2cc(NC(=O)N(C)Cc3ccc(OCC(O)CNC)cc3-c3cc(NCCCCN)c4cnn(C(C)C)c4n3)c3cnn(C(C)C)c3n2)c1. The zero-order valence-corrected chi connectivity index (χ0v) is 36.9. The molecule has 17 heteroatoms. The molecule has 0 aliphatic carbocycles. The van der Waals surface area contributed by atoms with E-state index in [1.807, 2.05) is 84.0 Å². The van der Waals surface area contributed by atoms with Crippen LogP contribution in [-0.4, -0.2) is 123 Å². The number of anilines is 2. The Labute approximate surface area is 363 Å². The van der Waals surface area contributed by atoms with Gasteiger partial charge in [-0.05, 0) is 103 Å². The van der Waals surface area contributed by atoms with Crippen LogP contribution in [0.4, 0.5) is 16.2 Å². The number of hydrogen-bond donors (Lipinski definition) is 7. The Hall–Kier alpha value is -5.85. The fraction of sp³-hybridized carbons (Fsp3) is 0.444. The number of aliphatic hydroxyl groups excluding tert-OH is 2. The summed E-state index contributed by atoms with van der Waals surface area (Å²) in [5, 5.41) is 44.2. The number of amides is 2.